The average Bonchev–Trinajstić information content (AvgIpc) is 3.64. The number of morpholine rings is 1. The van der Waals surface area contributed by atoms with Gasteiger partial charge in [-0.1, -0.05) is 0 Å². The maximum Gasteiger partial charge on any atom is 0.256 e. The van der Waals surface area contributed by atoms with E-state index in [1.165, 1.54) is 6.42 Å². The number of fused-ring (bicyclic) bond motifs is 2. The van der Waals surface area contributed by atoms with E-state index >= 15 is 4.39 Å². The molecule has 1 amide bonds. The van der Waals surface area contributed by atoms with Crippen LogP contribution in [0.5, 0.6) is 0 Å². The first-order chi connectivity index (χ1) is 20.4. The number of ether oxygens (including phenoxy) is 1. The lowest BCUT2D eigenvalue weighted by atomic mass is 9.69. The van der Waals surface area contributed by atoms with Gasteiger partial charge in [0.15, 0.2) is 5.78 Å². The van der Waals surface area contributed by atoms with Crippen molar-refractivity contribution in [3.8, 4) is 0 Å². The van der Waals surface area contributed by atoms with Gasteiger partial charge in [-0.15, -0.1) is 11.6 Å². The van der Waals surface area contributed by atoms with Gasteiger partial charge in [0, 0.05) is 61.1 Å². The summed E-state index contributed by atoms with van der Waals surface area (Å²) in [4.78, 5) is 42.8. The van der Waals surface area contributed by atoms with Crippen molar-refractivity contribution in [2.24, 2.45) is 5.92 Å². The number of Topliss-reactive ketones (excluding diaryl/α,β-unsaturated/α-hetero) is 1. The van der Waals surface area contributed by atoms with Crippen molar-refractivity contribution in [3.63, 3.8) is 0 Å². The SMILES string of the molecule is CN1CCCC1CCNC(=O)C1=CN2C3CCC(Cl)CC3OC3C(N4CCC(c5cnccn5)C4)C(F)CC(C1=O)C32. The molecule has 3 saturated heterocycles. The third kappa shape index (κ3) is 5.16. The maximum atomic E-state index is 16.3. The van der Waals surface area contributed by atoms with E-state index in [9.17, 15) is 9.59 Å². The first-order valence-corrected chi connectivity index (χ1v) is 16.3. The molecule has 0 bridgehead atoms. The molecular formula is C31H42ClFN6O3. The first-order valence-electron chi connectivity index (χ1n) is 15.8. The summed E-state index contributed by atoms with van der Waals surface area (Å²) in [5.74, 6) is -1.01. The van der Waals surface area contributed by atoms with Crippen molar-refractivity contribution < 1.29 is 18.7 Å². The molecule has 6 aliphatic rings. The van der Waals surface area contributed by atoms with E-state index in [0.29, 0.717) is 25.6 Å². The second kappa shape index (κ2) is 11.7. The lowest BCUT2D eigenvalue weighted by Crippen LogP contribution is -2.73. The van der Waals surface area contributed by atoms with E-state index in [4.69, 9.17) is 16.3 Å². The number of likely N-dealkylation sites (tertiary alicyclic amines) is 2. The van der Waals surface area contributed by atoms with Crippen molar-refractivity contribution in [2.45, 2.75) is 105 Å². The average molecular weight is 601 g/mol. The molecule has 2 aliphatic carbocycles. The summed E-state index contributed by atoms with van der Waals surface area (Å²) in [6.45, 7) is 3.03. The Morgan fingerprint density at radius 1 is 1.17 bits per heavy atom. The fraction of sp³-hybridized carbons (Fsp3) is 0.742. The van der Waals surface area contributed by atoms with E-state index in [2.05, 4.69) is 37.0 Å². The number of rotatable bonds is 6. The number of ketones is 1. The summed E-state index contributed by atoms with van der Waals surface area (Å²) >= 11 is 6.61. The molecule has 4 aliphatic heterocycles. The summed E-state index contributed by atoms with van der Waals surface area (Å²) in [5, 5.41) is 3.02. The van der Waals surface area contributed by atoms with Gasteiger partial charge in [0.1, 0.15) is 6.17 Å². The molecule has 5 heterocycles. The number of nitrogens with zero attached hydrogens (tertiary/aromatic N) is 5. The number of hydrogen-bond acceptors (Lipinski definition) is 8. The molecule has 42 heavy (non-hydrogen) atoms. The Morgan fingerprint density at radius 3 is 2.83 bits per heavy atom. The molecule has 1 N–H and O–H groups in total. The van der Waals surface area contributed by atoms with Crippen LogP contribution in [0, 0.1) is 5.92 Å². The van der Waals surface area contributed by atoms with Crippen molar-refractivity contribution >= 4 is 23.3 Å². The highest BCUT2D eigenvalue weighted by Crippen LogP contribution is 2.48. The molecule has 0 aromatic carbocycles. The number of halogens is 2. The third-order valence-corrected chi connectivity index (χ3v) is 11.3. The normalized spacial score (nSPS) is 40.4. The molecule has 7 rings (SSSR count). The minimum absolute atomic E-state index is 0.00141. The van der Waals surface area contributed by atoms with Crippen LogP contribution in [0.3, 0.4) is 0 Å². The van der Waals surface area contributed by atoms with E-state index in [1.807, 2.05) is 0 Å². The van der Waals surface area contributed by atoms with Crippen molar-refractivity contribution in [2.75, 3.05) is 33.2 Å². The number of hydrogen-bond donors (Lipinski definition) is 1. The number of aromatic nitrogens is 2. The number of carbonyl (C=O) groups excluding carboxylic acids is 2. The van der Waals surface area contributed by atoms with Crippen molar-refractivity contribution in [1.29, 1.82) is 0 Å². The predicted molar refractivity (Wildman–Crippen MR) is 156 cm³/mol. The molecule has 10 atom stereocenters. The van der Waals surface area contributed by atoms with E-state index < -0.39 is 24.2 Å². The second-order valence-corrected chi connectivity index (χ2v) is 13.9. The topological polar surface area (TPSA) is 90.9 Å². The lowest BCUT2D eigenvalue weighted by Gasteiger charge is -2.60. The summed E-state index contributed by atoms with van der Waals surface area (Å²) in [6.07, 6.45) is 11.6. The van der Waals surface area contributed by atoms with Gasteiger partial charge in [-0.25, -0.2) is 4.39 Å². The number of carbonyl (C=O) groups is 2. The van der Waals surface area contributed by atoms with E-state index in [-0.39, 0.29) is 53.2 Å². The lowest BCUT2D eigenvalue weighted by molar-refractivity contribution is -0.209. The molecule has 5 fully saturated rings. The molecule has 11 heteroatoms. The Kier molecular flexibility index (Phi) is 8.00. The van der Waals surface area contributed by atoms with Gasteiger partial charge < -0.3 is 19.9 Å². The van der Waals surface area contributed by atoms with Crippen LogP contribution >= 0.6 is 11.6 Å². The largest absolute Gasteiger partial charge is 0.369 e. The Bertz CT molecular complexity index is 1210. The van der Waals surface area contributed by atoms with Crippen molar-refractivity contribution in [3.05, 3.63) is 36.1 Å². The van der Waals surface area contributed by atoms with E-state index in [1.54, 1.807) is 24.8 Å². The fourth-order valence-corrected chi connectivity index (χ4v) is 9.05. The summed E-state index contributed by atoms with van der Waals surface area (Å²) in [5.41, 5.74) is 1.09. The Morgan fingerprint density at radius 2 is 2.05 bits per heavy atom. The zero-order valence-corrected chi connectivity index (χ0v) is 25.0. The van der Waals surface area contributed by atoms with Crippen LogP contribution in [0.15, 0.2) is 30.4 Å². The molecular weight excluding hydrogens is 559 g/mol. The fourth-order valence-electron chi connectivity index (χ4n) is 8.75. The van der Waals surface area contributed by atoms with Crippen LogP contribution < -0.4 is 5.32 Å². The van der Waals surface area contributed by atoms with Gasteiger partial charge >= 0.3 is 0 Å². The Balaban J connectivity index is 1.14. The molecule has 9 nitrogen and oxygen atoms in total. The molecule has 1 aromatic heterocycles. The van der Waals surface area contributed by atoms with Crippen LogP contribution in [0.4, 0.5) is 4.39 Å². The van der Waals surface area contributed by atoms with Gasteiger partial charge in [-0.2, -0.15) is 0 Å². The maximum absolute atomic E-state index is 16.3. The minimum atomic E-state index is -1.24. The summed E-state index contributed by atoms with van der Waals surface area (Å²) in [6, 6.07) is -0.276. The van der Waals surface area contributed by atoms with Gasteiger partial charge in [0.2, 0.25) is 0 Å². The Hall–Kier alpha value is -2.14. The van der Waals surface area contributed by atoms with Gasteiger partial charge in [0.05, 0.1) is 41.6 Å². The number of nitrogens with one attached hydrogen (secondary N) is 1. The highest BCUT2D eigenvalue weighted by molar-refractivity contribution is 6.21. The van der Waals surface area contributed by atoms with Crippen LogP contribution in [0.1, 0.15) is 63.0 Å². The summed E-state index contributed by atoms with van der Waals surface area (Å²) in [7, 11) is 2.12. The van der Waals surface area contributed by atoms with Crippen LogP contribution in [0.25, 0.3) is 0 Å². The predicted octanol–water partition coefficient (Wildman–Crippen LogP) is 2.66. The van der Waals surface area contributed by atoms with Gasteiger partial charge in [-0.05, 0) is 71.5 Å². The highest BCUT2D eigenvalue weighted by atomic mass is 35.5. The summed E-state index contributed by atoms with van der Waals surface area (Å²) < 4.78 is 23.1. The third-order valence-electron chi connectivity index (χ3n) is 10.9. The molecule has 1 aromatic rings. The molecule has 10 unspecified atom stereocenters. The van der Waals surface area contributed by atoms with E-state index in [0.717, 1.165) is 50.9 Å². The molecule has 228 valence electrons. The standard InChI is InChI=1S/C31H42ClFN6O3/c1-37-11-2-3-20(37)6-8-36-31(41)22-17-39-25-5-4-19(32)13-26(25)42-30-27(39)21(29(22)40)14-23(33)28(30)38-12-7-18(16-38)24-15-34-9-10-35-24/h9-10,15,17-21,23,25-28,30H,2-8,11-14,16H2,1H3,(H,36,41). The number of alkyl halides is 2. The number of amides is 1. The zero-order chi connectivity index (χ0) is 29.0. The molecule has 0 spiro atoms. The minimum Gasteiger partial charge on any atom is -0.369 e. The monoisotopic (exact) mass is 600 g/mol. The first kappa shape index (κ1) is 28.6. The quantitative estimate of drug-likeness (QED) is 0.394. The molecule has 2 saturated carbocycles. The molecule has 0 radical (unpaired) electrons. The van der Waals surface area contributed by atoms with Gasteiger partial charge in [-0.3, -0.25) is 24.5 Å². The van der Waals surface area contributed by atoms with Crippen LogP contribution in [-0.4, -0.2) is 118 Å². The van der Waals surface area contributed by atoms with Gasteiger partial charge in [0.25, 0.3) is 5.91 Å². The van der Waals surface area contributed by atoms with Crippen LogP contribution in [-0.2, 0) is 14.3 Å². The smallest absolute Gasteiger partial charge is 0.256 e. The zero-order valence-electron chi connectivity index (χ0n) is 24.3. The Labute approximate surface area is 252 Å². The second-order valence-electron chi connectivity index (χ2n) is 13.2. The van der Waals surface area contributed by atoms with Crippen molar-refractivity contribution in [1.82, 2.24) is 30.0 Å². The van der Waals surface area contributed by atoms with Crippen LogP contribution in [0.2, 0.25) is 0 Å². The highest BCUT2D eigenvalue weighted by Gasteiger charge is 2.60.